The van der Waals surface area contributed by atoms with E-state index in [-0.39, 0.29) is 6.04 Å². The molecule has 0 radical (unpaired) electrons. The Morgan fingerprint density at radius 2 is 1.76 bits per heavy atom. The maximum atomic E-state index is 5.46. The third-order valence-electron chi connectivity index (χ3n) is 3.59. The van der Waals surface area contributed by atoms with E-state index in [1.54, 1.807) is 14.2 Å². The van der Waals surface area contributed by atoms with Crippen LogP contribution in [0.15, 0.2) is 30.3 Å². The molecule has 1 N–H and O–H groups in total. The van der Waals surface area contributed by atoms with Crippen LogP contribution in [-0.2, 0) is 0 Å². The Morgan fingerprint density at radius 1 is 1.00 bits per heavy atom. The van der Waals surface area contributed by atoms with Crippen molar-refractivity contribution in [2.45, 2.75) is 32.9 Å². The Bertz CT molecular complexity index is 594. The minimum absolute atomic E-state index is 0.174. The number of ether oxygens (including phenoxy) is 2. The molecule has 2 aromatic rings. The molecule has 21 heavy (non-hydrogen) atoms. The second-order valence-electron chi connectivity index (χ2n) is 5.17. The maximum absolute atomic E-state index is 5.46. The average molecular weight is 305 g/mol. The van der Waals surface area contributed by atoms with Gasteiger partial charge in [-0.05, 0) is 51.1 Å². The van der Waals surface area contributed by atoms with Crippen molar-refractivity contribution < 1.29 is 9.47 Å². The van der Waals surface area contributed by atoms with E-state index in [0.717, 1.165) is 17.1 Å². The van der Waals surface area contributed by atoms with Crippen LogP contribution in [0.5, 0.6) is 11.5 Å². The van der Waals surface area contributed by atoms with Gasteiger partial charge in [0.1, 0.15) is 11.5 Å². The Balaban J connectivity index is 2.17. The molecule has 1 aromatic carbocycles. The van der Waals surface area contributed by atoms with Gasteiger partial charge in [-0.1, -0.05) is 0 Å². The molecule has 0 spiro atoms. The van der Waals surface area contributed by atoms with Crippen molar-refractivity contribution in [3.05, 3.63) is 45.6 Å². The first-order valence-corrected chi connectivity index (χ1v) is 7.91. The average Bonchev–Trinajstić information content (AvgIpc) is 2.93. The van der Waals surface area contributed by atoms with Gasteiger partial charge >= 0.3 is 0 Å². The van der Waals surface area contributed by atoms with Gasteiger partial charge in [0.05, 0.1) is 14.2 Å². The SMILES string of the molecule is COc1ccc(OC)c(C(C)NC(C)c2ccc(C)s2)c1. The Kier molecular flexibility index (Phi) is 5.26. The summed E-state index contributed by atoms with van der Waals surface area (Å²) in [6.07, 6.45) is 0. The van der Waals surface area contributed by atoms with Gasteiger partial charge in [0.15, 0.2) is 0 Å². The number of nitrogens with one attached hydrogen (secondary N) is 1. The number of aryl methyl sites for hydroxylation is 1. The molecule has 1 heterocycles. The predicted molar refractivity (Wildman–Crippen MR) is 88.6 cm³/mol. The van der Waals surface area contributed by atoms with Gasteiger partial charge in [-0.3, -0.25) is 0 Å². The smallest absolute Gasteiger partial charge is 0.123 e. The number of benzene rings is 1. The Hall–Kier alpha value is -1.52. The van der Waals surface area contributed by atoms with Crippen molar-refractivity contribution in [1.29, 1.82) is 0 Å². The monoisotopic (exact) mass is 305 g/mol. The van der Waals surface area contributed by atoms with Crippen molar-refractivity contribution in [1.82, 2.24) is 5.32 Å². The number of hydrogen-bond acceptors (Lipinski definition) is 4. The topological polar surface area (TPSA) is 30.5 Å². The normalized spacial score (nSPS) is 13.8. The molecule has 0 saturated carbocycles. The molecule has 0 bridgehead atoms. The van der Waals surface area contributed by atoms with Gasteiger partial charge in [0.25, 0.3) is 0 Å². The summed E-state index contributed by atoms with van der Waals surface area (Å²) in [7, 11) is 3.38. The number of thiophene rings is 1. The fourth-order valence-electron chi connectivity index (χ4n) is 2.41. The van der Waals surface area contributed by atoms with E-state index in [0.29, 0.717) is 6.04 Å². The molecular formula is C17H23NO2S. The van der Waals surface area contributed by atoms with E-state index >= 15 is 0 Å². The summed E-state index contributed by atoms with van der Waals surface area (Å²) < 4.78 is 10.8. The summed E-state index contributed by atoms with van der Waals surface area (Å²) in [5.41, 5.74) is 1.11. The van der Waals surface area contributed by atoms with Crippen LogP contribution in [0.2, 0.25) is 0 Å². The van der Waals surface area contributed by atoms with Crippen molar-refractivity contribution >= 4 is 11.3 Å². The van der Waals surface area contributed by atoms with Gasteiger partial charge in [-0.15, -0.1) is 11.3 Å². The van der Waals surface area contributed by atoms with E-state index in [4.69, 9.17) is 9.47 Å². The lowest BCUT2D eigenvalue weighted by Crippen LogP contribution is -2.22. The Morgan fingerprint density at radius 3 is 2.33 bits per heavy atom. The number of rotatable bonds is 6. The van der Waals surface area contributed by atoms with Crippen LogP contribution in [-0.4, -0.2) is 14.2 Å². The van der Waals surface area contributed by atoms with Crippen LogP contribution in [0.1, 0.15) is 41.2 Å². The van der Waals surface area contributed by atoms with Crippen molar-refractivity contribution in [3.8, 4) is 11.5 Å². The molecule has 0 aliphatic carbocycles. The molecule has 0 fully saturated rings. The summed E-state index contributed by atoms with van der Waals surface area (Å²) in [5, 5.41) is 3.63. The summed E-state index contributed by atoms with van der Waals surface area (Å²) in [6.45, 7) is 6.47. The van der Waals surface area contributed by atoms with Gasteiger partial charge in [0.2, 0.25) is 0 Å². The standard InChI is InChI=1S/C17H23NO2S/c1-11-6-9-17(21-11)13(3)18-12(2)15-10-14(19-4)7-8-16(15)20-5/h6-10,12-13,18H,1-5H3. The maximum Gasteiger partial charge on any atom is 0.123 e. The van der Waals surface area contributed by atoms with E-state index in [1.165, 1.54) is 9.75 Å². The van der Waals surface area contributed by atoms with Gasteiger partial charge in [-0.25, -0.2) is 0 Å². The van der Waals surface area contributed by atoms with Crippen LogP contribution in [0, 0.1) is 6.92 Å². The summed E-state index contributed by atoms with van der Waals surface area (Å²) in [4.78, 5) is 2.69. The highest BCUT2D eigenvalue weighted by molar-refractivity contribution is 7.12. The molecule has 2 atom stereocenters. The van der Waals surface area contributed by atoms with Gasteiger partial charge < -0.3 is 14.8 Å². The van der Waals surface area contributed by atoms with Crippen molar-refractivity contribution in [2.24, 2.45) is 0 Å². The predicted octanol–water partition coefficient (Wildman–Crippen LogP) is 4.49. The lowest BCUT2D eigenvalue weighted by Gasteiger charge is -2.22. The van der Waals surface area contributed by atoms with Crippen molar-refractivity contribution in [3.63, 3.8) is 0 Å². The molecule has 0 aliphatic rings. The largest absolute Gasteiger partial charge is 0.497 e. The van der Waals surface area contributed by atoms with Crippen LogP contribution < -0.4 is 14.8 Å². The minimum Gasteiger partial charge on any atom is -0.497 e. The summed E-state index contributed by atoms with van der Waals surface area (Å²) in [6, 6.07) is 10.7. The molecule has 0 amide bonds. The van der Waals surface area contributed by atoms with Crippen LogP contribution in [0.25, 0.3) is 0 Å². The molecule has 114 valence electrons. The quantitative estimate of drug-likeness (QED) is 0.853. The lowest BCUT2D eigenvalue weighted by molar-refractivity contribution is 0.388. The first kappa shape index (κ1) is 15.9. The molecule has 0 saturated heterocycles. The van der Waals surface area contributed by atoms with Crippen molar-refractivity contribution in [2.75, 3.05) is 14.2 Å². The second kappa shape index (κ2) is 6.96. The molecular weight excluding hydrogens is 282 g/mol. The highest BCUT2D eigenvalue weighted by Crippen LogP contribution is 2.31. The van der Waals surface area contributed by atoms with Gasteiger partial charge in [0, 0.05) is 27.4 Å². The molecule has 3 nitrogen and oxygen atoms in total. The first-order chi connectivity index (χ1) is 10.0. The summed E-state index contributed by atoms with van der Waals surface area (Å²) in [5.74, 6) is 1.73. The minimum atomic E-state index is 0.174. The first-order valence-electron chi connectivity index (χ1n) is 7.09. The Labute approximate surface area is 130 Å². The van der Waals surface area contributed by atoms with Crippen LogP contribution in [0.4, 0.5) is 0 Å². The zero-order chi connectivity index (χ0) is 15.4. The van der Waals surface area contributed by atoms with E-state index in [2.05, 4.69) is 38.2 Å². The third-order valence-corrected chi connectivity index (χ3v) is 4.77. The fourth-order valence-corrected chi connectivity index (χ4v) is 3.30. The third kappa shape index (κ3) is 3.77. The molecule has 4 heteroatoms. The highest BCUT2D eigenvalue weighted by atomic mass is 32.1. The van der Waals surface area contributed by atoms with Crippen LogP contribution >= 0.6 is 11.3 Å². The van der Waals surface area contributed by atoms with Gasteiger partial charge in [-0.2, -0.15) is 0 Å². The zero-order valence-electron chi connectivity index (χ0n) is 13.3. The van der Waals surface area contributed by atoms with E-state index in [1.807, 2.05) is 29.5 Å². The number of hydrogen-bond donors (Lipinski definition) is 1. The molecule has 0 aliphatic heterocycles. The second-order valence-corrected chi connectivity index (χ2v) is 6.49. The lowest BCUT2D eigenvalue weighted by atomic mass is 10.1. The van der Waals surface area contributed by atoms with E-state index < -0.39 is 0 Å². The summed E-state index contributed by atoms with van der Waals surface area (Å²) >= 11 is 1.83. The fraction of sp³-hybridized carbons (Fsp3) is 0.412. The molecule has 2 unspecified atom stereocenters. The van der Waals surface area contributed by atoms with E-state index in [9.17, 15) is 0 Å². The zero-order valence-corrected chi connectivity index (χ0v) is 14.1. The molecule has 2 rings (SSSR count). The molecule has 1 aromatic heterocycles. The number of methoxy groups -OCH3 is 2. The van der Waals surface area contributed by atoms with Crippen LogP contribution in [0.3, 0.4) is 0 Å². The highest BCUT2D eigenvalue weighted by Gasteiger charge is 2.16.